The van der Waals surface area contributed by atoms with Gasteiger partial charge in [0, 0.05) is 53.7 Å². The van der Waals surface area contributed by atoms with Gasteiger partial charge in [-0.05, 0) is 25.2 Å². The number of benzene rings is 1. The lowest BCUT2D eigenvalue weighted by molar-refractivity contribution is 0.155. The van der Waals surface area contributed by atoms with Crippen LogP contribution in [0.1, 0.15) is 5.56 Å². The van der Waals surface area contributed by atoms with E-state index in [1.807, 2.05) is 18.3 Å². The molecule has 0 unspecified atom stereocenters. The Kier molecular flexibility index (Phi) is 3.66. The van der Waals surface area contributed by atoms with Crippen LogP contribution in [0.15, 0.2) is 34.0 Å². The molecule has 1 aromatic heterocycles. The molecule has 114 valence electrons. The Morgan fingerprint density at radius 3 is 2.73 bits per heavy atom. The van der Waals surface area contributed by atoms with Gasteiger partial charge in [0.25, 0.3) is 0 Å². The van der Waals surface area contributed by atoms with Crippen LogP contribution in [0.5, 0.6) is 0 Å². The van der Waals surface area contributed by atoms with E-state index in [9.17, 15) is 0 Å². The third-order valence-corrected chi connectivity index (χ3v) is 5.15. The molecular weight excluding hydrogens is 316 g/mol. The number of fused-ring (bicyclic) bond motifs is 2. The lowest BCUT2D eigenvalue weighted by atomic mass is 10.2. The van der Waals surface area contributed by atoms with E-state index in [0.29, 0.717) is 0 Å². The molecule has 0 amide bonds. The van der Waals surface area contributed by atoms with Crippen molar-refractivity contribution in [2.45, 2.75) is 0 Å². The number of piperazine rings is 1. The number of nitrogens with zero attached hydrogens (tertiary/aromatic N) is 4. The fourth-order valence-electron chi connectivity index (χ4n) is 2.92. The maximum atomic E-state index is 6.16. The van der Waals surface area contributed by atoms with Crippen LogP contribution in [-0.2, 0) is 0 Å². The normalized spacial score (nSPS) is 18.9. The van der Waals surface area contributed by atoms with E-state index >= 15 is 0 Å². The molecule has 2 aromatic rings. The van der Waals surface area contributed by atoms with Crippen LogP contribution in [-0.4, -0.2) is 49.4 Å². The molecule has 0 aliphatic carbocycles. The summed E-state index contributed by atoms with van der Waals surface area (Å²) in [6, 6.07) is 5.95. The van der Waals surface area contributed by atoms with Crippen LogP contribution in [0.2, 0.25) is 5.02 Å². The minimum Gasteiger partial charge on any atom is -0.304 e. The summed E-state index contributed by atoms with van der Waals surface area (Å²) >= 11 is 7.87. The monoisotopic (exact) mass is 332 g/mol. The Labute approximate surface area is 139 Å². The maximum Gasteiger partial charge on any atom is 0.0896 e. The van der Waals surface area contributed by atoms with Crippen molar-refractivity contribution in [3.63, 3.8) is 0 Å². The zero-order valence-corrected chi connectivity index (χ0v) is 13.9. The van der Waals surface area contributed by atoms with E-state index in [1.54, 1.807) is 11.3 Å². The van der Waals surface area contributed by atoms with E-state index in [1.165, 1.54) is 5.69 Å². The maximum absolute atomic E-state index is 6.16. The molecule has 0 radical (unpaired) electrons. The molecule has 2 aliphatic rings. The van der Waals surface area contributed by atoms with Gasteiger partial charge < -0.3 is 4.90 Å². The summed E-state index contributed by atoms with van der Waals surface area (Å²) in [5.74, 6) is 0. The molecule has 6 heteroatoms. The van der Waals surface area contributed by atoms with E-state index < -0.39 is 0 Å². The number of hydrazine groups is 1. The highest BCUT2D eigenvalue weighted by molar-refractivity contribution is 7.08. The average molecular weight is 333 g/mol. The lowest BCUT2D eigenvalue weighted by Crippen LogP contribution is -2.51. The summed E-state index contributed by atoms with van der Waals surface area (Å²) in [6.07, 6.45) is 1.94. The number of aliphatic imine (C=N–C) groups is 1. The molecule has 2 aliphatic heterocycles. The van der Waals surface area contributed by atoms with Crippen molar-refractivity contribution in [2.75, 3.05) is 38.2 Å². The molecule has 1 fully saturated rings. The van der Waals surface area contributed by atoms with Crippen LogP contribution in [0.3, 0.4) is 0 Å². The molecule has 0 bridgehead atoms. The number of halogens is 1. The second-order valence-corrected chi connectivity index (χ2v) is 6.85. The van der Waals surface area contributed by atoms with Crippen molar-refractivity contribution >= 4 is 46.2 Å². The molecule has 1 saturated heterocycles. The summed E-state index contributed by atoms with van der Waals surface area (Å²) in [6.45, 7) is 4.15. The Hall–Kier alpha value is -1.40. The van der Waals surface area contributed by atoms with Crippen LogP contribution >= 0.6 is 22.9 Å². The van der Waals surface area contributed by atoms with Crippen LogP contribution in [0, 0.1) is 0 Å². The first kappa shape index (κ1) is 14.2. The van der Waals surface area contributed by atoms with Gasteiger partial charge in [0.15, 0.2) is 0 Å². The minimum atomic E-state index is 0.721. The smallest absolute Gasteiger partial charge is 0.0896 e. The van der Waals surface area contributed by atoms with Gasteiger partial charge in [-0.2, -0.15) is 0 Å². The van der Waals surface area contributed by atoms with Crippen molar-refractivity contribution in [1.82, 2.24) is 9.91 Å². The third kappa shape index (κ3) is 2.44. The number of anilines is 2. The summed E-state index contributed by atoms with van der Waals surface area (Å²) in [7, 11) is 2.17. The van der Waals surface area contributed by atoms with Crippen LogP contribution < -0.4 is 5.01 Å². The molecule has 0 saturated carbocycles. The van der Waals surface area contributed by atoms with Gasteiger partial charge in [-0.1, -0.05) is 11.6 Å². The number of hydrogen-bond acceptors (Lipinski definition) is 5. The summed E-state index contributed by atoms with van der Waals surface area (Å²) < 4.78 is 0. The Bertz CT molecular complexity index is 719. The Balaban J connectivity index is 1.81. The molecule has 22 heavy (non-hydrogen) atoms. The molecule has 3 heterocycles. The second kappa shape index (κ2) is 5.66. The summed E-state index contributed by atoms with van der Waals surface area (Å²) in [5.41, 5.74) is 4.39. The highest BCUT2D eigenvalue weighted by Gasteiger charge is 2.27. The van der Waals surface area contributed by atoms with Crippen LogP contribution in [0.4, 0.5) is 17.1 Å². The molecule has 4 rings (SSSR count). The van der Waals surface area contributed by atoms with Gasteiger partial charge >= 0.3 is 0 Å². The summed E-state index contributed by atoms with van der Waals surface area (Å²) in [4.78, 5) is 7.00. The van der Waals surface area contributed by atoms with E-state index in [-0.39, 0.29) is 0 Å². The Morgan fingerprint density at radius 1 is 1.09 bits per heavy atom. The van der Waals surface area contributed by atoms with Crippen molar-refractivity contribution in [3.8, 4) is 0 Å². The topological polar surface area (TPSA) is 22.1 Å². The fourth-order valence-corrected chi connectivity index (χ4v) is 3.84. The van der Waals surface area contributed by atoms with Gasteiger partial charge in [-0.15, -0.1) is 11.3 Å². The van der Waals surface area contributed by atoms with Gasteiger partial charge in [-0.25, -0.2) is 5.01 Å². The van der Waals surface area contributed by atoms with Gasteiger partial charge in [-0.3, -0.25) is 10.0 Å². The predicted molar refractivity (Wildman–Crippen MR) is 94.2 cm³/mol. The number of likely N-dealkylation sites (N-methyl/N-ethyl adjacent to an activating group) is 1. The first-order valence-corrected chi connectivity index (χ1v) is 8.68. The van der Waals surface area contributed by atoms with E-state index in [4.69, 9.17) is 11.6 Å². The van der Waals surface area contributed by atoms with Crippen molar-refractivity contribution in [3.05, 3.63) is 39.5 Å². The van der Waals surface area contributed by atoms with E-state index in [2.05, 4.69) is 43.8 Å². The number of hydrogen-bond donors (Lipinski definition) is 0. The van der Waals surface area contributed by atoms with Crippen molar-refractivity contribution < 1.29 is 0 Å². The third-order valence-electron chi connectivity index (χ3n) is 4.17. The largest absolute Gasteiger partial charge is 0.304 e. The zero-order valence-electron chi connectivity index (χ0n) is 12.4. The van der Waals surface area contributed by atoms with E-state index in [0.717, 1.165) is 48.1 Å². The highest BCUT2D eigenvalue weighted by Crippen LogP contribution is 2.41. The standard InChI is InChI=1S/C16H17ClN4S/c1-19-4-6-20(7-5-19)21-15-3-2-13(17)8-14(15)18-9-12-10-22-11-16(12)21/h2-3,8-11H,4-7H2,1H3. The number of thiophene rings is 1. The number of rotatable bonds is 1. The predicted octanol–water partition coefficient (Wildman–Crippen LogP) is 3.77. The highest BCUT2D eigenvalue weighted by atomic mass is 35.5. The van der Waals surface area contributed by atoms with Crippen molar-refractivity contribution in [2.24, 2.45) is 4.99 Å². The van der Waals surface area contributed by atoms with Crippen LogP contribution in [0.25, 0.3) is 0 Å². The first-order valence-electron chi connectivity index (χ1n) is 7.36. The zero-order chi connectivity index (χ0) is 15.1. The van der Waals surface area contributed by atoms with Gasteiger partial charge in [0.2, 0.25) is 0 Å². The molecule has 0 N–H and O–H groups in total. The fraction of sp³-hybridized carbons (Fsp3) is 0.312. The summed E-state index contributed by atoms with van der Waals surface area (Å²) in [5, 5.41) is 9.79. The molecule has 4 nitrogen and oxygen atoms in total. The quantitative estimate of drug-likeness (QED) is 0.793. The average Bonchev–Trinajstić information content (AvgIpc) is 2.92. The molecular formula is C16H17ClN4S. The second-order valence-electron chi connectivity index (χ2n) is 5.67. The lowest BCUT2D eigenvalue weighted by Gasteiger charge is -2.41. The first-order chi connectivity index (χ1) is 10.7. The molecule has 0 spiro atoms. The van der Waals surface area contributed by atoms with Crippen molar-refractivity contribution in [1.29, 1.82) is 0 Å². The van der Waals surface area contributed by atoms with Gasteiger partial charge in [0.1, 0.15) is 0 Å². The van der Waals surface area contributed by atoms with Gasteiger partial charge in [0.05, 0.1) is 17.1 Å². The molecule has 1 aromatic carbocycles. The minimum absolute atomic E-state index is 0.721. The SMILES string of the molecule is CN1CCN(N2c3cscc3C=Nc3cc(Cl)ccc32)CC1. The molecule has 0 atom stereocenters. The Morgan fingerprint density at radius 2 is 1.91 bits per heavy atom.